The first kappa shape index (κ1) is 28.4. The SMILES string of the molecule is COC1CCN(c2nccc(Nc3cc4c(cn3)nc(C(C)OC3CCCCO3)n4C(C)C(F)(F)F)n2)CC1F. The van der Waals surface area contributed by atoms with Gasteiger partial charge in [0.1, 0.15) is 41.3 Å². The maximum absolute atomic E-state index is 14.4. The summed E-state index contributed by atoms with van der Waals surface area (Å²) in [5.74, 6) is 1.10. The zero-order valence-corrected chi connectivity index (χ0v) is 22.6. The zero-order chi connectivity index (χ0) is 28.4. The first-order valence-electron chi connectivity index (χ1n) is 13.4. The van der Waals surface area contributed by atoms with Crippen LogP contribution in [0.25, 0.3) is 11.0 Å². The largest absolute Gasteiger partial charge is 0.408 e. The van der Waals surface area contributed by atoms with E-state index in [0.717, 1.165) is 24.3 Å². The first-order valence-corrected chi connectivity index (χ1v) is 13.4. The van der Waals surface area contributed by atoms with E-state index in [0.29, 0.717) is 43.3 Å². The van der Waals surface area contributed by atoms with E-state index in [-0.39, 0.29) is 23.7 Å². The van der Waals surface area contributed by atoms with Crippen LogP contribution in [0, 0.1) is 0 Å². The molecule has 3 aromatic heterocycles. The highest BCUT2D eigenvalue weighted by Crippen LogP contribution is 2.37. The molecule has 40 heavy (non-hydrogen) atoms. The van der Waals surface area contributed by atoms with Gasteiger partial charge in [0.25, 0.3) is 0 Å². The molecule has 10 nitrogen and oxygen atoms in total. The van der Waals surface area contributed by atoms with Crippen molar-refractivity contribution < 1.29 is 31.8 Å². The Hall–Kier alpha value is -3.10. The van der Waals surface area contributed by atoms with Crippen LogP contribution in [0.4, 0.5) is 35.1 Å². The van der Waals surface area contributed by atoms with Crippen molar-refractivity contribution in [1.29, 1.82) is 0 Å². The molecule has 3 aromatic rings. The number of nitrogens with zero attached hydrogens (tertiary/aromatic N) is 6. The number of methoxy groups -OCH3 is 1. The first-order chi connectivity index (χ1) is 19.1. The Morgan fingerprint density at radius 1 is 1.12 bits per heavy atom. The van der Waals surface area contributed by atoms with Crippen LogP contribution in [0.3, 0.4) is 0 Å². The number of piperidine rings is 1. The van der Waals surface area contributed by atoms with Gasteiger partial charge in [-0.15, -0.1) is 0 Å². The number of aromatic nitrogens is 5. The van der Waals surface area contributed by atoms with Crippen LogP contribution in [-0.2, 0) is 14.2 Å². The van der Waals surface area contributed by atoms with Gasteiger partial charge in [-0.3, -0.25) is 0 Å². The summed E-state index contributed by atoms with van der Waals surface area (Å²) < 4.78 is 74.3. The molecular formula is C26H33F4N7O3. The van der Waals surface area contributed by atoms with Crippen molar-refractivity contribution in [2.24, 2.45) is 0 Å². The number of alkyl halides is 4. The van der Waals surface area contributed by atoms with Crippen LogP contribution in [-0.4, -0.2) is 76.1 Å². The number of nitrogens with one attached hydrogen (secondary N) is 1. The van der Waals surface area contributed by atoms with E-state index in [9.17, 15) is 17.6 Å². The highest BCUT2D eigenvalue weighted by atomic mass is 19.4. The quantitative estimate of drug-likeness (QED) is 0.366. The number of fused-ring (bicyclic) bond motifs is 1. The molecular weight excluding hydrogens is 534 g/mol. The standard InChI is InChI=1S/C26H33F4N7O3/c1-15(40-23-6-4-5-11-39-23)24-33-18-13-32-22(12-19(18)37(24)16(2)26(28,29)30)34-21-7-9-31-25(35-21)36-10-8-20(38-3)17(27)14-36/h7,9,12-13,15-17,20,23H,4-6,8,10-11,14H2,1-3H3,(H,31,32,34,35). The summed E-state index contributed by atoms with van der Waals surface area (Å²) in [5, 5.41) is 3.03. The number of pyridine rings is 1. The number of anilines is 3. The lowest BCUT2D eigenvalue weighted by Gasteiger charge is -2.33. The molecule has 5 rings (SSSR count). The number of halogens is 4. The molecule has 5 atom stereocenters. The van der Waals surface area contributed by atoms with E-state index >= 15 is 0 Å². The zero-order valence-electron chi connectivity index (χ0n) is 22.6. The number of imidazole rings is 1. The molecule has 5 unspecified atom stereocenters. The third-order valence-electron chi connectivity index (χ3n) is 7.29. The minimum Gasteiger partial charge on any atom is -0.378 e. The van der Waals surface area contributed by atoms with Crippen LogP contribution in [0.15, 0.2) is 24.5 Å². The number of hydrogen-bond donors (Lipinski definition) is 1. The lowest BCUT2D eigenvalue weighted by molar-refractivity contribution is -0.190. The van der Waals surface area contributed by atoms with Crippen LogP contribution in [0.5, 0.6) is 0 Å². The molecule has 1 N–H and O–H groups in total. The van der Waals surface area contributed by atoms with Crippen molar-refractivity contribution in [3.05, 3.63) is 30.4 Å². The fourth-order valence-electron chi connectivity index (χ4n) is 5.06. The number of hydrogen-bond acceptors (Lipinski definition) is 9. The van der Waals surface area contributed by atoms with Crippen LogP contribution >= 0.6 is 0 Å². The van der Waals surface area contributed by atoms with Gasteiger partial charge in [0.2, 0.25) is 5.95 Å². The summed E-state index contributed by atoms with van der Waals surface area (Å²) in [6.07, 6.45) is -1.44. The molecule has 0 aliphatic carbocycles. The summed E-state index contributed by atoms with van der Waals surface area (Å²) in [5.41, 5.74) is 0.545. The van der Waals surface area contributed by atoms with E-state index in [4.69, 9.17) is 14.2 Å². The third kappa shape index (κ3) is 6.13. The monoisotopic (exact) mass is 567 g/mol. The van der Waals surface area contributed by atoms with Crippen molar-refractivity contribution in [1.82, 2.24) is 24.5 Å². The van der Waals surface area contributed by atoms with Gasteiger partial charge in [-0.1, -0.05) is 0 Å². The Bertz CT molecular complexity index is 1300. The second-order valence-electron chi connectivity index (χ2n) is 10.1. The molecule has 14 heteroatoms. The predicted octanol–water partition coefficient (Wildman–Crippen LogP) is 5.26. The molecule has 2 fully saturated rings. The molecule has 0 aromatic carbocycles. The molecule has 0 spiro atoms. The van der Waals surface area contributed by atoms with E-state index in [1.165, 1.54) is 25.6 Å². The van der Waals surface area contributed by atoms with Crippen molar-refractivity contribution in [3.63, 3.8) is 0 Å². The minimum atomic E-state index is -4.52. The average molecular weight is 568 g/mol. The Kier molecular flexibility index (Phi) is 8.38. The van der Waals surface area contributed by atoms with Gasteiger partial charge >= 0.3 is 6.18 Å². The highest BCUT2D eigenvalue weighted by molar-refractivity contribution is 5.79. The third-order valence-corrected chi connectivity index (χ3v) is 7.29. The van der Waals surface area contributed by atoms with Gasteiger partial charge in [0.15, 0.2) is 6.29 Å². The Labute approximate surface area is 229 Å². The lowest BCUT2D eigenvalue weighted by Crippen LogP contribution is -2.46. The summed E-state index contributed by atoms with van der Waals surface area (Å²) in [6, 6.07) is 1.24. The molecule has 0 bridgehead atoms. The van der Waals surface area contributed by atoms with Gasteiger partial charge in [0, 0.05) is 32.5 Å². The average Bonchev–Trinajstić information content (AvgIpc) is 3.31. The van der Waals surface area contributed by atoms with Gasteiger partial charge in [-0.05, 0) is 45.6 Å². The van der Waals surface area contributed by atoms with E-state index in [1.54, 1.807) is 17.9 Å². The van der Waals surface area contributed by atoms with Crippen LogP contribution < -0.4 is 10.2 Å². The van der Waals surface area contributed by atoms with Gasteiger partial charge < -0.3 is 29.0 Å². The Morgan fingerprint density at radius 3 is 2.65 bits per heavy atom. The Morgan fingerprint density at radius 2 is 1.95 bits per heavy atom. The molecule has 2 saturated heterocycles. The summed E-state index contributed by atoms with van der Waals surface area (Å²) in [4.78, 5) is 19.3. The van der Waals surface area contributed by atoms with Crippen molar-refractivity contribution in [2.45, 2.75) is 76.4 Å². The molecule has 0 amide bonds. The topological polar surface area (TPSA) is 99.5 Å². The maximum Gasteiger partial charge on any atom is 0.408 e. The van der Waals surface area contributed by atoms with E-state index in [2.05, 4.69) is 25.3 Å². The number of ether oxygens (including phenoxy) is 3. The lowest BCUT2D eigenvalue weighted by atomic mass is 10.1. The van der Waals surface area contributed by atoms with Gasteiger partial charge in [0.05, 0.1) is 24.4 Å². The molecule has 218 valence electrons. The Balaban J connectivity index is 1.42. The van der Waals surface area contributed by atoms with Crippen LogP contribution in [0.2, 0.25) is 0 Å². The van der Waals surface area contributed by atoms with Gasteiger partial charge in [-0.25, -0.2) is 19.3 Å². The fraction of sp³-hybridized carbons (Fsp3) is 0.615. The molecule has 0 radical (unpaired) electrons. The van der Waals surface area contributed by atoms with E-state index < -0.39 is 36.9 Å². The molecule has 2 aliphatic rings. The van der Waals surface area contributed by atoms with Crippen LogP contribution in [0.1, 0.15) is 57.5 Å². The predicted molar refractivity (Wildman–Crippen MR) is 139 cm³/mol. The second-order valence-corrected chi connectivity index (χ2v) is 10.1. The molecule has 5 heterocycles. The van der Waals surface area contributed by atoms with Crippen molar-refractivity contribution in [3.8, 4) is 0 Å². The number of rotatable bonds is 8. The normalized spacial score (nSPS) is 23.8. The maximum atomic E-state index is 14.4. The van der Waals surface area contributed by atoms with Gasteiger partial charge in [-0.2, -0.15) is 18.2 Å². The van der Waals surface area contributed by atoms with E-state index in [1.807, 2.05) is 0 Å². The summed E-state index contributed by atoms with van der Waals surface area (Å²) in [6.45, 7) is 3.93. The molecule has 2 aliphatic heterocycles. The smallest absolute Gasteiger partial charge is 0.378 e. The molecule has 0 saturated carbocycles. The fourth-order valence-corrected chi connectivity index (χ4v) is 5.06. The minimum absolute atomic E-state index is 0.0929. The summed E-state index contributed by atoms with van der Waals surface area (Å²) >= 11 is 0. The van der Waals surface area contributed by atoms with Crippen molar-refractivity contribution in [2.75, 3.05) is 37.0 Å². The highest BCUT2D eigenvalue weighted by Gasteiger charge is 2.40. The van der Waals surface area contributed by atoms with Crippen molar-refractivity contribution >= 4 is 28.6 Å². The summed E-state index contributed by atoms with van der Waals surface area (Å²) in [7, 11) is 1.49. The second kappa shape index (κ2) is 11.8.